The lowest BCUT2D eigenvalue weighted by atomic mass is 9.91. The Hall–Kier alpha value is -1.55. The molecule has 0 aliphatic heterocycles. The van der Waals surface area contributed by atoms with Crippen molar-refractivity contribution in [1.29, 1.82) is 0 Å². The molecule has 0 bridgehead atoms. The van der Waals surface area contributed by atoms with Crippen molar-refractivity contribution in [1.82, 2.24) is 0 Å². The summed E-state index contributed by atoms with van der Waals surface area (Å²) in [4.78, 5) is 11.9. The van der Waals surface area contributed by atoms with Crippen molar-refractivity contribution in [3.8, 4) is 5.75 Å². The highest BCUT2D eigenvalue weighted by atomic mass is 32.1. The van der Waals surface area contributed by atoms with Gasteiger partial charge in [0, 0.05) is 9.58 Å². The van der Waals surface area contributed by atoms with Crippen molar-refractivity contribution in [2.45, 2.75) is 19.3 Å². The van der Waals surface area contributed by atoms with Gasteiger partial charge in [0.05, 0.1) is 5.41 Å². The Morgan fingerprint density at radius 3 is 2.62 bits per heavy atom. The number of fused-ring (bicyclic) bond motifs is 1. The van der Waals surface area contributed by atoms with Gasteiger partial charge in [-0.2, -0.15) is 0 Å². The van der Waals surface area contributed by atoms with Crippen LogP contribution in [-0.4, -0.2) is 16.2 Å². The molecule has 0 fully saturated rings. The summed E-state index contributed by atoms with van der Waals surface area (Å²) >= 11 is 1.45. The first-order valence-electron chi connectivity index (χ1n) is 4.87. The number of benzene rings is 1. The lowest BCUT2D eigenvalue weighted by Gasteiger charge is -2.16. The number of hydrogen-bond acceptors (Lipinski definition) is 3. The number of phenolic OH excluding ortho intramolecular Hbond substituents is 1. The molecule has 2 rings (SSSR count). The van der Waals surface area contributed by atoms with Gasteiger partial charge in [-0.05, 0) is 43.5 Å². The summed E-state index contributed by atoms with van der Waals surface area (Å²) in [7, 11) is 0. The van der Waals surface area contributed by atoms with Gasteiger partial charge in [0.15, 0.2) is 0 Å². The third kappa shape index (κ3) is 1.65. The van der Waals surface area contributed by atoms with Gasteiger partial charge in [-0.25, -0.2) is 0 Å². The van der Waals surface area contributed by atoms with Crippen molar-refractivity contribution in [3.05, 3.63) is 29.1 Å². The van der Waals surface area contributed by atoms with Crippen molar-refractivity contribution < 1.29 is 15.0 Å². The van der Waals surface area contributed by atoms with Crippen molar-refractivity contribution >= 4 is 27.4 Å². The van der Waals surface area contributed by atoms with Crippen LogP contribution in [0, 0.1) is 0 Å². The van der Waals surface area contributed by atoms with Crippen molar-refractivity contribution in [2.24, 2.45) is 0 Å². The molecule has 0 aliphatic carbocycles. The average molecular weight is 236 g/mol. The van der Waals surface area contributed by atoms with Gasteiger partial charge in [0.25, 0.3) is 0 Å². The predicted molar refractivity (Wildman–Crippen MR) is 64.2 cm³/mol. The third-order valence-electron chi connectivity index (χ3n) is 2.65. The molecule has 0 atom stereocenters. The van der Waals surface area contributed by atoms with Crippen molar-refractivity contribution in [2.75, 3.05) is 0 Å². The van der Waals surface area contributed by atoms with E-state index in [1.54, 1.807) is 32.0 Å². The number of carboxylic acid groups (broad SMARTS) is 1. The van der Waals surface area contributed by atoms with Crippen LogP contribution in [0.2, 0.25) is 0 Å². The molecule has 2 N–H and O–H groups in total. The van der Waals surface area contributed by atoms with Crippen LogP contribution in [0.25, 0.3) is 10.1 Å². The molecule has 3 nitrogen and oxygen atoms in total. The number of phenols is 1. The molecule has 0 aliphatic rings. The van der Waals surface area contributed by atoms with Crippen LogP contribution >= 0.6 is 11.3 Å². The highest BCUT2D eigenvalue weighted by molar-refractivity contribution is 7.19. The molecule has 1 aromatic carbocycles. The standard InChI is InChI=1S/C12H12O3S/c1-12(2,11(14)15)10-6-7-5-8(13)3-4-9(7)16-10/h3-6,13H,1-2H3,(H,14,15). The smallest absolute Gasteiger partial charge is 0.314 e. The van der Waals surface area contributed by atoms with Gasteiger partial charge in [0.1, 0.15) is 5.75 Å². The number of carboxylic acids is 1. The molecule has 0 saturated heterocycles. The first-order valence-corrected chi connectivity index (χ1v) is 5.69. The van der Waals surface area contributed by atoms with E-state index in [4.69, 9.17) is 5.11 Å². The fourth-order valence-corrected chi connectivity index (χ4v) is 2.58. The summed E-state index contributed by atoms with van der Waals surface area (Å²) in [6.45, 7) is 3.36. The van der Waals surface area contributed by atoms with Gasteiger partial charge >= 0.3 is 5.97 Å². The number of aromatic hydroxyl groups is 1. The Balaban J connectivity index is 2.59. The largest absolute Gasteiger partial charge is 0.508 e. The van der Waals surface area contributed by atoms with E-state index >= 15 is 0 Å². The Kier molecular flexibility index (Phi) is 2.39. The Morgan fingerprint density at radius 1 is 1.31 bits per heavy atom. The van der Waals surface area contributed by atoms with E-state index in [0.717, 1.165) is 15.0 Å². The average Bonchev–Trinajstić information content (AvgIpc) is 2.60. The molecule has 0 amide bonds. The SMILES string of the molecule is CC(C)(C(=O)O)c1cc2cc(O)ccc2s1. The fourth-order valence-electron chi connectivity index (χ4n) is 1.44. The molecule has 2 aromatic rings. The summed E-state index contributed by atoms with van der Waals surface area (Å²) < 4.78 is 0.988. The molecule has 0 radical (unpaired) electrons. The second-order valence-corrected chi connectivity index (χ2v) is 5.35. The minimum atomic E-state index is -0.890. The first-order chi connectivity index (χ1) is 7.41. The van der Waals surface area contributed by atoms with Crippen LogP contribution in [-0.2, 0) is 10.2 Å². The molecule has 84 valence electrons. The third-order valence-corrected chi connectivity index (χ3v) is 4.09. The van der Waals surface area contributed by atoms with Gasteiger partial charge in [-0.1, -0.05) is 0 Å². The molecule has 4 heteroatoms. The summed E-state index contributed by atoms with van der Waals surface area (Å²) in [5, 5.41) is 19.4. The maximum absolute atomic E-state index is 11.1. The van der Waals surface area contributed by atoms with Crippen LogP contribution in [0.5, 0.6) is 5.75 Å². The Bertz CT molecular complexity index is 554. The molecule has 1 heterocycles. The lowest BCUT2D eigenvalue weighted by molar-refractivity contribution is -0.142. The molecule has 16 heavy (non-hydrogen) atoms. The van der Waals surface area contributed by atoms with E-state index in [9.17, 15) is 9.90 Å². The van der Waals surface area contributed by atoms with Crippen LogP contribution in [0.15, 0.2) is 24.3 Å². The van der Waals surface area contributed by atoms with Gasteiger partial charge in [0.2, 0.25) is 0 Å². The molecular formula is C12H12O3S. The highest BCUT2D eigenvalue weighted by Gasteiger charge is 2.31. The zero-order valence-corrected chi connectivity index (χ0v) is 9.84. The molecular weight excluding hydrogens is 224 g/mol. The quantitative estimate of drug-likeness (QED) is 0.842. The molecule has 1 aromatic heterocycles. The monoisotopic (exact) mass is 236 g/mol. The van der Waals surface area contributed by atoms with Crippen LogP contribution in [0.4, 0.5) is 0 Å². The number of carbonyl (C=O) groups is 1. The highest BCUT2D eigenvalue weighted by Crippen LogP contribution is 2.35. The van der Waals surface area contributed by atoms with Crippen molar-refractivity contribution in [3.63, 3.8) is 0 Å². The maximum Gasteiger partial charge on any atom is 0.314 e. The van der Waals surface area contributed by atoms with E-state index in [0.29, 0.717) is 0 Å². The van der Waals surface area contributed by atoms with Gasteiger partial charge < -0.3 is 10.2 Å². The summed E-state index contributed by atoms with van der Waals surface area (Å²) in [6.07, 6.45) is 0. The summed E-state index contributed by atoms with van der Waals surface area (Å²) in [5.74, 6) is -0.645. The predicted octanol–water partition coefficient (Wildman–Crippen LogP) is 2.97. The Morgan fingerprint density at radius 2 is 2.00 bits per heavy atom. The van der Waals surface area contributed by atoms with Crippen LogP contribution in [0.3, 0.4) is 0 Å². The maximum atomic E-state index is 11.1. The number of aliphatic carboxylic acids is 1. The second kappa shape index (κ2) is 3.49. The van der Waals surface area contributed by atoms with E-state index in [-0.39, 0.29) is 5.75 Å². The van der Waals surface area contributed by atoms with Gasteiger partial charge in [-0.15, -0.1) is 11.3 Å². The number of hydrogen-bond donors (Lipinski definition) is 2. The lowest BCUT2D eigenvalue weighted by Crippen LogP contribution is -2.27. The Labute approximate surface area is 97.0 Å². The van der Waals surface area contributed by atoms with E-state index in [1.165, 1.54) is 11.3 Å². The summed E-state index contributed by atoms with van der Waals surface area (Å²) in [6, 6.07) is 6.88. The van der Waals surface area contributed by atoms with Crippen LogP contribution < -0.4 is 0 Å². The van der Waals surface area contributed by atoms with Crippen LogP contribution in [0.1, 0.15) is 18.7 Å². The minimum absolute atomic E-state index is 0.199. The minimum Gasteiger partial charge on any atom is -0.508 e. The normalized spacial score (nSPS) is 11.9. The van der Waals surface area contributed by atoms with E-state index in [2.05, 4.69) is 0 Å². The zero-order chi connectivity index (χ0) is 11.9. The number of thiophene rings is 1. The van der Waals surface area contributed by atoms with E-state index < -0.39 is 11.4 Å². The summed E-state index contributed by atoms with van der Waals surface area (Å²) in [5.41, 5.74) is -0.890. The van der Waals surface area contributed by atoms with Gasteiger partial charge in [-0.3, -0.25) is 4.79 Å². The first kappa shape index (κ1) is 11.0. The molecule has 0 spiro atoms. The fraction of sp³-hybridized carbons (Fsp3) is 0.250. The van der Waals surface area contributed by atoms with E-state index in [1.807, 2.05) is 6.07 Å². The molecule has 0 unspecified atom stereocenters. The number of rotatable bonds is 2. The second-order valence-electron chi connectivity index (χ2n) is 4.26. The topological polar surface area (TPSA) is 57.5 Å². The zero-order valence-electron chi connectivity index (χ0n) is 9.02. The molecule has 0 saturated carbocycles.